The van der Waals surface area contributed by atoms with Gasteiger partial charge in [0.05, 0.1) is 0 Å². The summed E-state index contributed by atoms with van der Waals surface area (Å²) in [5, 5.41) is 4.95. The first-order valence-corrected chi connectivity index (χ1v) is 10.0. The summed E-state index contributed by atoms with van der Waals surface area (Å²) in [5.41, 5.74) is 0.868. The minimum Gasteiger partial charge on any atom is -0.333 e. The van der Waals surface area contributed by atoms with Crippen molar-refractivity contribution in [1.82, 2.24) is 10.2 Å². The van der Waals surface area contributed by atoms with Crippen LogP contribution in [0, 0.1) is 0 Å². The second kappa shape index (κ2) is 6.92. The van der Waals surface area contributed by atoms with Crippen molar-refractivity contribution in [3.63, 3.8) is 0 Å². The molecule has 0 bridgehead atoms. The number of sulfonamides is 1. The van der Waals surface area contributed by atoms with Crippen LogP contribution in [-0.4, -0.2) is 44.9 Å². The van der Waals surface area contributed by atoms with Crippen LogP contribution in [0.4, 0.5) is 5.69 Å². The van der Waals surface area contributed by atoms with Crippen LogP contribution < -0.4 is 10.0 Å². The number of nitrogens with zero attached hydrogens (tertiary/aromatic N) is 1. The highest BCUT2D eigenvalue weighted by atomic mass is 32.2. The van der Waals surface area contributed by atoms with E-state index in [0.717, 1.165) is 24.4 Å². The van der Waals surface area contributed by atoms with Gasteiger partial charge in [0.1, 0.15) is 4.21 Å². The van der Waals surface area contributed by atoms with Crippen LogP contribution in [0.1, 0.15) is 17.3 Å². The Kier molecular flexibility index (Phi) is 4.88. The molecule has 1 saturated heterocycles. The summed E-state index contributed by atoms with van der Waals surface area (Å²) >= 11 is 1.15. The molecule has 2 N–H and O–H groups in total. The van der Waals surface area contributed by atoms with E-state index in [1.807, 2.05) is 11.8 Å². The van der Waals surface area contributed by atoms with Crippen molar-refractivity contribution in [2.45, 2.75) is 17.2 Å². The minimum absolute atomic E-state index is 0.0822. The lowest BCUT2D eigenvalue weighted by molar-refractivity contribution is 0.0656. The molecule has 1 aliphatic rings. The number of piperazine rings is 1. The molecular weight excluding hydrogens is 346 g/mol. The maximum absolute atomic E-state index is 12.7. The Morgan fingerprint density at radius 2 is 2.17 bits per heavy atom. The molecule has 1 aromatic carbocycles. The first kappa shape index (κ1) is 16.9. The molecule has 1 atom stereocenters. The Hall–Kier alpha value is -1.90. The monoisotopic (exact) mass is 365 g/mol. The second-order valence-corrected chi connectivity index (χ2v) is 8.53. The van der Waals surface area contributed by atoms with Crippen molar-refractivity contribution in [2.75, 3.05) is 24.4 Å². The predicted octanol–water partition coefficient (Wildman–Crippen LogP) is 1.98. The number of rotatable bonds is 4. The van der Waals surface area contributed by atoms with Crippen LogP contribution in [0.5, 0.6) is 0 Å². The number of carbonyl (C=O) groups is 1. The number of benzene rings is 1. The zero-order chi connectivity index (χ0) is 17.2. The van der Waals surface area contributed by atoms with E-state index in [4.69, 9.17) is 0 Å². The Morgan fingerprint density at radius 1 is 1.33 bits per heavy atom. The van der Waals surface area contributed by atoms with Crippen LogP contribution in [0.25, 0.3) is 0 Å². The molecule has 128 valence electrons. The van der Waals surface area contributed by atoms with Gasteiger partial charge in [0, 0.05) is 36.9 Å². The van der Waals surface area contributed by atoms with E-state index in [0.29, 0.717) is 17.8 Å². The summed E-state index contributed by atoms with van der Waals surface area (Å²) in [4.78, 5) is 14.5. The number of anilines is 1. The van der Waals surface area contributed by atoms with Crippen molar-refractivity contribution in [2.24, 2.45) is 0 Å². The molecule has 1 aromatic heterocycles. The maximum atomic E-state index is 12.7. The van der Waals surface area contributed by atoms with E-state index in [9.17, 15) is 13.2 Å². The summed E-state index contributed by atoms with van der Waals surface area (Å²) in [6.45, 7) is 4.16. The van der Waals surface area contributed by atoms with Crippen LogP contribution in [0.15, 0.2) is 46.0 Å². The molecule has 24 heavy (non-hydrogen) atoms. The Morgan fingerprint density at radius 3 is 2.88 bits per heavy atom. The molecule has 0 aliphatic carbocycles. The first-order chi connectivity index (χ1) is 11.5. The zero-order valence-corrected chi connectivity index (χ0v) is 14.9. The van der Waals surface area contributed by atoms with Gasteiger partial charge in [0.15, 0.2) is 0 Å². The van der Waals surface area contributed by atoms with Gasteiger partial charge in [0.25, 0.3) is 15.9 Å². The van der Waals surface area contributed by atoms with Crippen LogP contribution in [0.2, 0.25) is 0 Å². The van der Waals surface area contributed by atoms with Gasteiger partial charge < -0.3 is 10.2 Å². The largest absolute Gasteiger partial charge is 0.333 e. The molecule has 0 spiro atoms. The molecule has 2 heterocycles. The molecule has 8 heteroatoms. The minimum atomic E-state index is -3.61. The third-order valence-electron chi connectivity index (χ3n) is 3.88. The quantitative estimate of drug-likeness (QED) is 0.868. The zero-order valence-electron chi connectivity index (χ0n) is 13.2. The summed E-state index contributed by atoms with van der Waals surface area (Å²) < 4.78 is 27.4. The second-order valence-electron chi connectivity index (χ2n) is 5.67. The third kappa shape index (κ3) is 3.61. The van der Waals surface area contributed by atoms with Crippen molar-refractivity contribution >= 4 is 33.0 Å². The van der Waals surface area contributed by atoms with Gasteiger partial charge in [-0.25, -0.2) is 8.42 Å². The highest BCUT2D eigenvalue weighted by Crippen LogP contribution is 2.21. The number of thiophene rings is 1. The van der Waals surface area contributed by atoms with Gasteiger partial charge in [-0.15, -0.1) is 11.3 Å². The summed E-state index contributed by atoms with van der Waals surface area (Å²) in [7, 11) is -3.61. The predicted molar refractivity (Wildman–Crippen MR) is 94.9 cm³/mol. The number of nitrogens with one attached hydrogen (secondary N) is 2. The van der Waals surface area contributed by atoms with E-state index in [2.05, 4.69) is 10.0 Å². The van der Waals surface area contributed by atoms with E-state index < -0.39 is 10.0 Å². The van der Waals surface area contributed by atoms with E-state index in [-0.39, 0.29) is 16.2 Å². The van der Waals surface area contributed by atoms with E-state index >= 15 is 0 Å². The van der Waals surface area contributed by atoms with Gasteiger partial charge >= 0.3 is 0 Å². The van der Waals surface area contributed by atoms with Gasteiger partial charge in [-0.05, 0) is 36.6 Å². The highest BCUT2D eigenvalue weighted by molar-refractivity contribution is 7.94. The average Bonchev–Trinajstić information content (AvgIpc) is 3.10. The Bertz CT molecular complexity index is 819. The van der Waals surface area contributed by atoms with Crippen molar-refractivity contribution in [3.8, 4) is 0 Å². The first-order valence-electron chi connectivity index (χ1n) is 7.65. The molecule has 0 saturated carbocycles. The fourth-order valence-corrected chi connectivity index (χ4v) is 4.69. The molecular formula is C16H19N3O3S2. The van der Waals surface area contributed by atoms with E-state index in [1.165, 1.54) is 0 Å². The molecule has 3 rings (SSSR count). The van der Waals surface area contributed by atoms with Crippen molar-refractivity contribution in [1.29, 1.82) is 0 Å². The highest BCUT2D eigenvalue weighted by Gasteiger charge is 2.24. The summed E-state index contributed by atoms with van der Waals surface area (Å²) in [6, 6.07) is 9.96. The van der Waals surface area contributed by atoms with Crippen LogP contribution >= 0.6 is 11.3 Å². The Balaban J connectivity index is 1.80. The SMILES string of the molecule is C[C@@H]1CNCCN1C(=O)c1cccc(NS(=O)(=O)c2cccs2)c1. The van der Waals surface area contributed by atoms with Gasteiger partial charge in [-0.3, -0.25) is 9.52 Å². The maximum Gasteiger partial charge on any atom is 0.271 e. The molecule has 1 fully saturated rings. The molecule has 6 nitrogen and oxygen atoms in total. The average molecular weight is 365 g/mol. The lowest BCUT2D eigenvalue weighted by Crippen LogP contribution is -2.52. The molecule has 2 aromatic rings. The van der Waals surface area contributed by atoms with E-state index in [1.54, 1.807) is 41.8 Å². The van der Waals surface area contributed by atoms with Gasteiger partial charge in [-0.1, -0.05) is 12.1 Å². The molecule has 0 radical (unpaired) electrons. The van der Waals surface area contributed by atoms with Crippen LogP contribution in [0.3, 0.4) is 0 Å². The smallest absolute Gasteiger partial charge is 0.271 e. The van der Waals surface area contributed by atoms with Crippen LogP contribution in [-0.2, 0) is 10.0 Å². The summed E-state index contributed by atoms with van der Waals surface area (Å²) in [6.07, 6.45) is 0. The van der Waals surface area contributed by atoms with Gasteiger partial charge in [0.2, 0.25) is 0 Å². The molecule has 1 amide bonds. The van der Waals surface area contributed by atoms with Gasteiger partial charge in [-0.2, -0.15) is 0 Å². The fourth-order valence-electron chi connectivity index (χ4n) is 2.65. The number of hydrogen-bond acceptors (Lipinski definition) is 5. The lowest BCUT2D eigenvalue weighted by atomic mass is 10.1. The standard InChI is InChI=1S/C16H19N3O3S2/c1-12-11-17-7-8-19(12)16(20)13-4-2-5-14(10-13)18-24(21,22)15-6-3-9-23-15/h2-6,9-10,12,17-18H,7-8,11H2,1H3/t12-/m1/s1. The number of hydrogen-bond donors (Lipinski definition) is 2. The fraction of sp³-hybridized carbons (Fsp3) is 0.312. The lowest BCUT2D eigenvalue weighted by Gasteiger charge is -2.34. The molecule has 0 unspecified atom stereocenters. The Labute approximate surface area is 145 Å². The topological polar surface area (TPSA) is 78.5 Å². The third-order valence-corrected chi connectivity index (χ3v) is 6.66. The summed E-state index contributed by atoms with van der Waals surface area (Å²) in [5.74, 6) is -0.0822. The normalized spacial score (nSPS) is 18.4. The van der Waals surface area contributed by atoms with Crippen molar-refractivity contribution < 1.29 is 13.2 Å². The van der Waals surface area contributed by atoms with Crippen molar-refractivity contribution in [3.05, 3.63) is 47.3 Å². The molecule has 1 aliphatic heterocycles. The number of carbonyl (C=O) groups excluding carboxylic acids is 1. The number of amides is 1.